The quantitative estimate of drug-likeness (QED) is 0.579. The van der Waals surface area contributed by atoms with E-state index in [4.69, 9.17) is 13.9 Å². The molecule has 38 heavy (non-hydrogen) atoms. The Morgan fingerprint density at radius 2 is 1.97 bits per heavy atom. The zero-order valence-electron chi connectivity index (χ0n) is 21.8. The van der Waals surface area contributed by atoms with Gasteiger partial charge in [0.05, 0.1) is 23.5 Å². The Balaban J connectivity index is 1.40. The third kappa shape index (κ3) is 3.58. The standard InChI is InChI=1S/C29H33NO8/c1-27-9-8-20(31)28(2,14-36-25(34)15-6-7-15)19(27)12-21(32)29(3)24(27)23(33)22-18(38-29)11-17(37-26(22)35)16-5-4-10-30-13-16/h4-5,10-11,13,15,19,21,23-24,32-33H,6-9,12,14H2,1-3H3/t19-,21+,23+,24-,27+,28+,29-/m1/s1. The summed E-state index contributed by atoms with van der Waals surface area (Å²) in [6, 6.07) is 5.03. The maximum atomic E-state index is 13.3. The fourth-order valence-electron chi connectivity index (χ4n) is 7.52. The summed E-state index contributed by atoms with van der Waals surface area (Å²) in [4.78, 5) is 43.0. The highest BCUT2D eigenvalue weighted by molar-refractivity contribution is 5.86. The first-order chi connectivity index (χ1) is 18.0. The average molecular weight is 524 g/mol. The first kappa shape index (κ1) is 25.2. The van der Waals surface area contributed by atoms with Gasteiger partial charge >= 0.3 is 11.6 Å². The molecule has 7 atom stereocenters. The summed E-state index contributed by atoms with van der Waals surface area (Å²) in [6.45, 7) is 5.48. The Morgan fingerprint density at radius 1 is 1.21 bits per heavy atom. The molecule has 0 unspecified atom stereocenters. The summed E-state index contributed by atoms with van der Waals surface area (Å²) >= 11 is 0. The van der Waals surface area contributed by atoms with Crippen molar-refractivity contribution in [3.05, 3.63) is 46.6 Å². The predicted octanol–water partition coefficient (Wildman–Crippen LogP) is 3.21. The molecule has 6 rings (SSSR count). The van der Waals surface area contributed by atoms with Gasteiger partial charge in [0.25, 0.3) is 0 Å². The van der Waals surface area contributed by atoms with Crippen molar-refractivity contribution in [2.75, 3.05) is 6.61 Å². The molecule has 2 aromatic rings. The molecule has 3 fully saturated rings. The Bertz CT molecular complexity index is 1350. The van der Waals surface area contributed by atoms with E-state index in [1.807, 2.05) is 6.92 Å². The molecule has 202 valence electrons. The fourth-order valence-corrected chi connectivity index (χ4v) is 7.52. The molecular weight excluding hydrogens is 490 g/mol. The van der Waals surface area contributed by atoms with Crippen LogP contribution in [0.2, 0.25) is 0 Å². The number of ketones is 1. The van der Waals surface area contributed by atoms with Crippen molar-refractivity contribution in [3.63, 3.8) is 0 Å². The van der Waals surface area contributed by atoms with Gasteiger partial charge in [0, 0.05) is 36.4 Å². The second-order valence-electron chi connectivity index (χ2n) is 12.2. The predicted molar refractivity (Wildman–Crippen MR) is 134 cm³/mol. The first-order valence-corrected chi connectivity index (χ1v) is 13.3. The van der Waals surface area contributed by atoms with Crippen molar-refractivity contribution in [2.24, 2.45) is 28.6 Å². The van der Waals surface area contributed by atoms with E-state index in [1.54, 1.807) is 44.4 Å². The van der Waals surface area contributed by atoms with Gasteiger partial charge in [-0.3, -0.25) is 14.6 Å². The summed E-state index contributed by atoms with van der Waals surface area (Å²) in [5.74, 6) is -1.10. The van der Waals surface area contributed by atoms with Crippen LogP contribution in [0, 0.1) is 28.6 Å². The van der Waals surface area contributed by atoms with Crippen LogP contribution in [-0.2, 0) is 14.3 Å². The van der Waals surface area contributed by atoms with E-state index in [1.165, 1.54) is 0 Å². The molecule has 0 bridgehead atoms. The van der Waals surface area contributed by atoms with Crippen molar-refractivity contribution in [3.8, 4) is 17.1 Å². The van der Waals surface area contributed by atoms with Gasteiger partial charge in [-0.2, -0.15) is 0 Å². The van der Waals surface area contributed by atoms with E-state index in [2.05, 4.69) is 4.98 Å². The highest BCUT2D eigenvalue weighted by atomic mass is 16.5. The average Bonchev–Trinajstić information content (AvgIpc) is 3.73. The van der Waals surface area contributed by atoms with Gasteiger partial charge in [-0.1, -0.05) is 6.92 Å². The number of ether oxygens (including phenoxy) is 2. The Morgan fingerprint density at radius 3 is 2.66 bits per heavy atom. The number of hydrogen-bond donors (Lipinski definition) is 2. The molecule has 0 amide bonds. The second-order valence-corrected chi connectivity index (χ2v) is 12.2. The number of rotatable bonds is 4. The number of fused-ring (bicyclic) bond motifs is 4. The summed E-state index contributed by atoms with van der Waals surface area (Å²) < 4.78 is 17.6. The molecule has 3 aliphatic carbocycles. The lowest BCUT2D eigenvalue weighted by atomic mass is 9.43. The van der Waals surface area contributed by atoms with Crippen LogP contribution < -0.4 is 10.4 Å². The number of carbonyl (C=O) groups excluding carboxylic acids is 2. The number of carbonyl (C=O) groups is 2. The van der Waals surface area contributed by atoms with E-state index < -0.39 is 46.1 Å². The maximum Gasteiger partial charge on any atom is 0.345 e. The van der Waals surface area contributed by atoms with Crippen LogP contribution in [0.3, 0.4) is 0 Å². The lowest BCUT2D eigenvalue weighted by molar-refractivity contribution is -0.245. The molecule has 9 nitrogen and oxygen atoms in total. The third-order valence-corrected chi connectivity index (χ3v) is 9.80. The summed E-state index contributed by atoms with van der Waals surface area (Å²) in [7, 11) is 0. The van der Waals surface area contributed by atoms with Crippen LogP contribution >= 0.6 is 0 Å². The number of pyridine rings is 1. The van der Waals surface area contributed by atoms with Gasteiger partial charge in [0.2, 0.25) is 0 Å². The van der Waals surface area contributed by atoms with Crippen LogP contribution in [0.5, 0.6) is 5.75 Å². The van der Waals surface area contributed by atoms with Gasteiger partial charge in [-0.25, -0.2) is 4.79 Å². The van der Waals surface area contributed by atoms with Crippen LogP contribution in [0.1, 0.15) is 64.5 Å². The lowest BCUT2D eigenvalue weighted by Crippen LogP contribution is -2.70. The number of hydrogen-bond acceptors (Lipinski definition) is 9. The molecular formula is C29H33NO8. The van der Waals surface area contributed by atoms with Gasteiger partial charge in [0.1, 0.15) is 35.1 Å². The molecule has 3 heterocycles. The number of aromatic nitrogens is 1. The minimum absolute atomic E-state index is 0.00737. The topological polar surface area (TPSA) is 136 Å². The molecule has 0 aromatic carbocycles. The minimum atomic E-state index is -1.29. The maximum absolute atomic E-state index is 13.3. The van der Waals surface area contributed by atoms with Gasteiger partial charge in [-0.15, -0.1) is 0 Å². The Hall–Kier alpha value is -3.04. The molecule has 1 aliphatic heterocycles. The number of esters is 1. The normalized spacial score (nSPS) is 37.9. The SMILES string of the molecule is C[C@]12CCC(=O)[C@@](C)(COC(=O)C3CC3)[C@@H]1C[C@H](O)[C@@]1(C)Oc3cc(-c4cccnc4)oc(=O)c3[C@H](O)[C@H]21. The van der Waals surface area contributed by atoms with Crippen molar-refractivity contribution < 1.29 is 33.7 Å². The molecule has 2 aromatic heterocycles. The largest absolute Gasteiger partial charge is 0.484 e. The van der Waals surface area contributed by atoms with Crippen LogP contribution in [-0.4, -0.2) is 45.3 Å². The molecule has 0 spiro atoms. The van der Waals surface area contributed by atoms with Crippen molar-refractivity contribution in [1.82, 2.24) is 4.98 Å². The van der Waals surface area contributed by atoms with Crippen LogP contribution in [0.25, 0.3) is 11.3 Å². The molecule has 4 aliphatic rings. The molecule has 3 saturated carbocycles. The van der Waals surface area contributed by atoms with Crippen LogP contribution in [0.4, 0.5) is 0 Å². The van der Waals surface area contributed by atoms with E-state index in [0.29, 0.717) is 12.0 Å². The van der Waals surface area contributed by atoms with Crippen molar-refractivity contribution in [2.45, 2.75) is 70.7 Å². The fraction of sp³-hybridized carbons (Fsp3) is 0.586. The van der Waals surface area contributed by atoms with Gasteiger partial charge in [0.15, 0.2) is 0 Å². The summed E-state index contributed by atoms with van der Waals surface area (Å²) in [5, 5.41) is 23.3. The number of Topliss-reactive ketones (excluding diaryl/α,β-unsaturated/α-hetero) is 1. The number of aliphatic hydroxyl groups excluding tert-OH is 2. The van der Waals surface area contributed by atoms with Gasteiger partial charge in [-0.05, 0) is 63.0 Å². The molecule has 2 N–H and O–H groups in total. The Kier molecular flexibility index (Phi) is 5.63. The molecule has 0 saturated heterocycles. The van der Waals surface area contributed by atoms with E-state index in [-0.39, 0.29) is 54.2 Å². The van der Waals surface area contributed by atoms with Crippen molar-refractivity contribution in [1.29, 1.82) is 0 Å². The molecule has 0 radical (unpaired) electrons. The highest BCUT2D eigenvalue weighted by Crippen LogP contribution is 2.66. The number of aliphatic hydroxyl groups is 2. The number of nitrogens with zero attached hydrogens (tertiary/aromatic N) is 1. The second kappa shape index (κ2) is 8.48. The zero-order valence-corrected chi connectivity index (χ0v) is 21.8. The summed E-state index contributed by atoms with van der Waals surface area (Å²) in [5.41, 5.74) is -3.10. The van der Waals surface area contributed by atoms with E-state index in [9.17, 15) is 24.6 Å². The third-order valence-electron chi connectivity index (χ3n) is 9.80. The smallest absolute Gasteiger partial charge is 0.345 e. The monoisotopic (exact) mass is 523 g/mol. The van der Waals surface area contributed by atoms with Gasteiger partial charge < -0.3 is 24.1 Å². The minimum Gasteiger partial charge on any atom is -0.484 e. The Labute approximate surface area is 220 Å². The first-order valence-electron chi connectivity index (χ1n) is 13.3. The van der Waals surface area contributed by atoms with E-state index >= 15 is 0 Å². The highest BCUT2D eigenvalue weighted by Gasteiger charge is 2.69. The van der Waals surface area contributed by atoms with E-state index in [0.717, 1.165) is 12.8 Å². The molecule has 9 heteroatoms. The summed E-state index contributed by atoms with van der Waals surface area (Å²) in [6.07, 6.45) is 3.35. The van der Waals surface area contributed by atoms with Crippen LogP contribution in [0.15, 0.2) is 39.8 Å². The zero-order chi connectivity index (χ0) is 27.0. The lowest BCUT2D eigenvalue weighted by Gasteiger charge is -2.64. The van der Waals surface area contributed by atoms with Crippen molar-refractivity contribution >= 4 is 11.8 Å².